The second-order valence-electron chi connectivity index (χ2n) is 6.75. The number of nitrogens with one attached hydrogen (secondary N) is 1. The van der Waals surface area contributed by atoms with Gasteiger partial charge < -0.3 is 16.0 Å². The van der Waals surface area contributed by atoms with Crippen LogP contribution in [-0.2, 0) is 4.79 Å². The highest BCUT2D eigenvalue weighted by atomic mass is 16.1. The first-order valence-corrected chi connectivity index (χ1v) is 8.40. The SMILES string of the molecule is CCCNC(CCN1CCC2(CCCC2)CC1)C(N)=O. The lowest BCUT2D eigenvalue weighted by Gasteiger charge is -2.39. The number of hydrogen-bond acceptors (Lipinski definition) is 3. The van der Waals surface area contributed by atoms with Crippen LogP contribution in [0, 0.1) is 5.41 Å². The molecule has 2 rings (SSSR count). The zero-order valence-electron chi connectivity index (χ0n) is 13.0. The highest BCUT2D eigenvalue weighted by molar-refractivity contribution is 5.79. The molecular formula is C16H31N3O. The van der Waals surface area contributed by atoms with E-state index < -0.39 is 0 Å². The van der Waals surface area contributed by atoms with Gasteiger partial charge in [0.05, 0.1) is 6.04 Å². The molecule has 116 valence electrons. The van der Waals surface area contributed by atoms with Crippen molar-refractivity contribution >= 4 is 5.91 Å². The number of nitrogens with zero attached hydrogens (tertiary/aromatic N) is 1. The number of hydrogen-bond donors (Lipinski definition) is 2. The van der Waals surface area contributed by atoms with Gasteiger partial charge in [0, 0.05) is 6.54 Å². The summed E-state index contributed by atoms with van der Waals surface area (Å²) in [6, 6.07) is -0.155. The van der Waals surface area contributed by atoms with Gasteiger partial charge in [0.25, 0.3) is 0 Å². The number of carbonyl (C=O) groups excluding carboxylic acids is 1. The summed E-state index contributed by atoms with van der Waals surface area (Å²) in [7, 11) is 0. The summed E-state index contributed by atoms with van der Waals surface area (Å²) >= 11 is 0. The van der Waals surface area contributed by atoms with Crippen LogP contribution in [-0.4, -0.2) is 43.0 Å². The molecule has 0 aromatic carbocycles. The van der Waals surface area contributed by atoms with E-state index in [1.807, 2.05) is 0 Å². The molecule has 0 bridgehead atoms. The van der Waals surface area contributed by atoms with E-state index in [1.54, 1.807) is 0 Å². The van der Waals surface area contributed by atoms with Crippen molar-refractivity contribution in [3.63, 3.8) is 0 Å². The highest BCUT2D eigenvalue weighted by Gasteiger charge is 2.36. The predicted octanol–water partition coefficient (Wildman–Crippen LogP) is 1.89. The standard InChI is InChI=1S/C16H31N3O/c1-2-10-18-14(15(17)20)5-11-19-12-8-16(9-13-19)6-3-4-7-16/h14,18H,2-13H2,1H3,(H2,17,20). The van der Waals surface area contributed by atoms with Crippen LogP contribution in [0.4, 0.5) is 0 Å². The number of piperidine rings is 1. The van der Waals surface area contributed by atoms with Crippen LogP contribution in [0.5, 0.6) is 0 Å². The summed E-state index contributed by atoms with van der Waals surface area (Å²) in [6.07, 6.45) is 10.4. The number of likely N-dealkylation sites (tertiary alicyclic amines) is 1. The fourth-order valence-corrected chi connectivity index (χ4v) is 3.85. The molecule has 1 aliphatic heterocycles. The lowest BCUT2D eigenvalue weighted by molar-refractivity contribution is -0.120. The Labute approximate surface area is 123 Å². The van der Waals surface area contributed by atoms with Crippen molar-refractivity contribution in [3.8, 4) is 0 Å². The second kappa shape index (κ2) is 7.41. The summed E-state index contributed by atoms with van der Waals surface area (Å²) in [5.41, 5.74) is 6.15. The third kappa shape index (κ3) is 4.19. The Morgan fingerprint density at radius 3 is 2.45 bits per heavy atom. The van der Waals surface area contributed by atoms with Crippen molar-refractivity contribution < 1.29 is 4.79 Å². The Morgan fingerprint density at radius 2 is 1.90 bits per heavy atom. The molecule has 3 N–H and O–H groups in total. The first-order valence-electron chi connectivity index (χ1n) is 8.40. The topological polar surface area (TPSA) is 58.4 Å². The minimum atomic E-state index is -0.206. The Balaban J connectivity index is 1.70. The smallest absolute Gasteiger partial charge is 0.234 e. The first kappa shape index (κ1) is 15.8. The molecule has 1 aliphatic carbocycles. The van der Waals surface area contributed by atoms with Crippen LogP contribution >= 0.6 is 0 Å². The zero-order valence-corrected chi connectivity index (χ0v) is 13.0. The minimum absolute atomic E-state index is 0.155. The van der Waals surface area contributed by atoms with Crippen molar-refractivity contribution in [2.45, 2.75) is 64.3 Å². The van der Waals surface area contributed by atoms with Crippen LogP contribution in [0.25, 0.3) is 0 Å². The van der Waals surface area contributed by atoms with Gasteiger partial charge in [0.1, 0.15) is 0 Å². The monoisotopic (exact) mass is 281 g/mol. The second-order valence-corrected chi connectivity index (χ2v) is 6.75. The van der Waals surface area contributed by atoms with E-state index in [9.17, 15) is 4.79 Å². The van der Waals surface area contributed by atoms with Gasteiger partial charge in [-0.05, 0) is 63.6 Å². The van der Waals surface area contributed by atoms with Crippen LogP contribution in [0.3, 0.4) is 0 Å². The van der Waals surface area contributed by atoms with Gasteiger partial charge in [-0.15, -0.1) is 0 Å². The predicted molar refractivity (Wildman–Crippen MR) is 82.5 cm³/mol. The quantitative estimate of drug-likeness (QED) is 0.749. The maximum atomic E-state index is 11.4. The average Bonchev–Trinajstić information content (AvgIpc) is 2.89. The molecule has 1 saturated heterocycles. The highest BCUT2D eigenvalue weighted by Crippen LogP contribution is 2.46. The third-order valence-corrected chi connectivity index (χ3v) is 5.30. The third-order valence-electron chi connectivity index (χ3n) is 5.30. The van der Waals surface area contributed by atoms with E-state index in [1.165, 1.54) is 51.6 Å². The fraction of sp³-hybridized carbons (Fsp3) is 0.938. The van der Waals surface area contributed by atoms with Crippen LogP contribution in [0.15, 0.2) is 0 Å². The summed E-state index contributed by atoms with van der Waals surface area (Å²) in [4.78, 5) is 13.9. The van der Waals surface area contributed by atoms with Crippen LogP contribution < -0.4 is 11.1 Å². The number of nitrogens with two attached hydrogens (primary N) is 1. The lowest BCUT2D eigenvalue weighted by Crippen LogP contribution is -2.45. The molecule has 0 aromatic rings. The average molecular weight is 281 g/mol. The summed E-state index contributed by atoms with van der Waals surface area (Å²) in [5.74, 6) is -0.206. The Hall–Kier alpha value is -0.610. The molecule has 2 fully saturated rings. The van der Waals surface area contributed by atoms with Crippen molar-refractivity contribution in [1.82, 2.24) is 10.2 Å². The minimum Gasteiger partial charge on any atom is -0.368 e. The van der Waals surface area contributed by atoms with E-state index >= 15 is 0 Å². The van der Waals surface area contributed by atoms with Crippen molar-refractivity contribution in [2.24, 2.45) is 11.1 Å². The summed E-state index contributed by atoms with van der Waals surface area (Å²) in [6.45, 7) is 6.40. The zero-order chi connectivity index (χ0) is 14.4. The Kier molecular flexibility index (Phi) is 5.85. The molecule has 1 saturated carbocycles. The number of rotatable bonds is 7. The molecule has 1 spiro atoms. The van der Waals surface area contributed by atoms with E-state index in [0.717, 1.165) is 25.9 Å². The number of carbonyl (C=O) groups is 1. The molecule has 20 heavy (non-hydrogen) atoms. The van der Waals surface area contributed by atoms with E-state index in [2.05, 4.69) is 17.1 Å². The first-order chi connectivity index (χ1) is 9.65. The molecular weight excluding hydrogens is 250 g/mol. The molecule has 0 radical (unpaired) electrons. The molecule has 1 atom stereocenters. The normalized spacial score (nSPS) is 24.1. The summed E-state index contributed by atoms with van der Waals surface area (Å²) in [5, 5.41) is 3.26. The van der Waals surface area contributed by atoms with Gasteiger partial charge in [-0.3, -0.25) is 4.79 Å². The molecule has 1 unspecified atom stereocenters. The van der Waals surface area contributed by atoms with E-state index in [0.29, 0.717) is 5.41 Å². The fourth-order valence-electron chi connectivity index (χ4n) is 3.85. The Bertz CT molecular complexity index is 303. The van der Waals surface area contributed by atoms with E-state index in [4.69, 9.17) is 5.73 Å². The number of primary amides is 1. The van der Waals surface area contributed by atoms with Crippen molar-refractivity contribution in [3.05, 3.63) is 0 Å². The lowest BCUT2D eigenvalue weighted by atomic mass is 9.77. The summed E-state index contributed by atoms with van der Waals surface area (Å²) < 4.78 is 0. The van der Waals surface area contributed by atoms with Gasteiger partial charge in [-0.25, -0.2) is 0 Å². The van der Waals surface area contributed by atoms with Gasteiger partial charge in [-0.2, -0.15) is 0 Å². The van der Waals surface area contributed by atoms with Gasteiger partial charge in [0.2, 0.25) is 5.91 Å². The van der Waals surface area contributed by atoms with Crippen LogP contribution in [0.1, 0.15) is 58.3 Å². The maximum absolute atomic E-state index is 11.4. The largest absolute Gasteiger partial charge is 0.368 e. The molecule has 0 aromatic heterocycles. The van der Waals surface area contributed by atoms with Gasteiger partial charge >= 0.3 is 0 Å². The van der Waals surface area contributed by atoms with Crippen LogP contribution in [0.2, 0.25) is 0 Å². The molecule has 1 heterocycles. The number of amides is 1. The van der Waals surface area contributed by atoms with Crippen molar-refractivity contribution in [1.29, 1.82) is 0 Å². The molecule has 4 nitrogen and oxygen atoms in total. The molecule has 4 heteroatoms. The van der Waals surface area contributed by atoms with E-state index in [-0.39, 0.29) is 11.9 Å². The Morgan fingerprint density at radius 1 is 1.25 bits per heavy atom. The maximum Gasteiger partial charge on any atom is 0.234 e. The molecule has 2 aliphatic rings. The van der Waals surface area contributed by atoms with Crippen molar-refractivity contribution in [2.75, 3.05) is 26.2 Å². The molecule has 1 amide bonds. The van der Waals surface area contributed by atoms with Gasteiger partial charge in [-0.1, -0.05) is 19.8 Å². The van der Waals surface area contributed by atoms with Gasteiger partial charge in [0.15, 0.2) is 0 Å².